The van der Waals surface area contributed by atoms with Gasteiger partial charge in [-0.3, -0.25) is 10.0 Å². The maximum atomic E-state index is 12.8. The average Bonchev–Trinajstić information content (AvgIpc) is 2.65. The molecular weight excluding hydrogens is 366 g/mol. The number of hydrogen-bond donors (Lipinski definition) is 1. The van der Waals surface area contributed by atoms with Crippen LogP contribution in [0.2, 0.25) is 0 Å². The number of carbonyl (C=O) groups is 1. The zero-order valence-electron chi connectivity index (χ0n) is 18.6. The van der Waals surface area contributed by atoms with Crippen LogP contribution in [0.15, 0.2) is 35.3 Å². The molecule has 29 heavy (non-hydrogen) atoms. The Morgan fingerprint density at radius 1 is 1.14 bits per heavy atom. The third-order valence-corrected chi connectivity index (χ3v) is 5.99. The van der Waals surface area contributed by atoms with E-state index in [1.807, 2.05) is 26.8 Å². The van der Waals surface area contributed by atoms with Gasteiger partial charge in [-0.1, -0.05) is 31.5 Å². The third kappa shape index (κ3) is 3.73. The number of carbonyl (C=O) groups excluding carboxylic acids is 1. The number of likely N-dealkylation sites (N-methyl/N-ethyl adjacent to an activating group) is 1. The Balaban J connectivity index is 2.12. The fraction of sp³-hybridized carbons (Fsp3) is 0.522. The molecule has 0 aromatic heterocycles. The topological polar surface area (TPSA) is 56.3 Å². The second kappa shape index (κ2) is 8.11. The number of rotatable bonds is 5. The molecule has 0 radical (unpaired) electrons. The average molecular weight is 400 g/mol. The Labute approximate surface area is 174 Å². The van der Waals surface area contributed by atoms with Gasteiger partial charge in [0.05, 0.1) is 12.2 Å². The molecule has 0 spiro atoms. The van der Waals surface area contributed by atoms with E-state index >= 15 is 0 Å². The molecule has 1 atom stereocenters. The highest BCUT2D eigenvalue weighted by Gasteiger charge is 2.41. The SMILES string of the molecule is CCC(CC)N1CC(=O)N(C)C2=C1C=C(C)N(O)C2Oc1c(C)cc(C)cc1C. The van der Waals surface area contributed by atoms with E-state index in [4.69, 9.17) is 4.74 Å². The first kappa shape index (κ1) is 21.2. The summed E-state index contributed by atoms with van der Waals surface area (Å²) in [5.41, 5.74) is 5.50. The van der Waals surface area contributed by atoms with E-state index in [9.17, 15) is 10.0 Å². The van der Waals surface area contributed by atoms with Gasteiger partial charge in [-0.15, -0.1) is 0 Å². The Hall–Kier alpha value is -2.47. The van der Waals surface area contributed by atoms with Crippen molar-refractivity contribution in [1.29, 1.82) is 0 Å². The van der Waals surface area contributed by atoms with Crippen LogP contribution in [0.25, 0.3) is 0 Å². The predicted octanol–water partition coefficient (Wildman–Crippen LogP) is 4.10. The maximum Gasteiger partial charge on any atom is 0.246 e. The van der Waals surface area contributed by atoms with Crippen molar-refractivity contribution in [2.75, 3.05) is 13.6 Å². The Morgan fingerprint density at radius 2 is 1.72 bits per heavy atom. The van der Waals surface area contributed by atoms with Crippen molar-refractivity contribution in [3.05, 3.63) is 52.0 Å². The molecule has 0 aliphatic carbocycles. The highest BCUT2D eigenvalue weighted by atomic mass is 16.6. The van der Waals surface area contributed by atoms with E-state index < -0.39 is 6.23 Å². The van der Waals surface area contributed by atoms with Crippen molar-refractivity contribution in [3.63, 3.8) is 0 Å². The van der Waals surface area contributed by atoms with Gasteiger partial charge >= 0.3 is 0 Å². The largest absolute Gasteiger partial charge is 0.462 e. The van der Waals surface area contributed by atoms with Crippen LogP contribution in [0.4, 0.5) is 0 Å². The maximum absolute atomic E-state index is 12.8. The highest BCUT2D eigenvalue weighted by Crippen LogP contribution is 2.37. The molecule has 1 aromatic carbocycles. The van der Waals surface area contributed by atoms with Crippen molar-refractivity contribution in [1.82, 2.24) is 14.9 Å². The van der Waals surface area contributed by atoms with Crippen LogP contribution in [0.3, 0.4) is 0 Å². The van der Waals surface area contributed by atoms with Gasteiger partial charge in [0.25, 0.3) is 0 Å². The first-order chi connectivity index (χ1) is 13.7. The first-order valence-corrected chi connectivity index (χ1v) is 10.4. The minimum Gasteiger partial charge on any atom is -0.462 e. The zero-order chi connectivity index (χ0) is 21.5. The fourth-order valence-electron chi connectivity index (χ4n) is 4.43. The summed E-state index contributed by atoms with van der Waals surface area (Å²) in [5.74, 6) is 0.740. The zero-order valence-corrected chi connectivity index (χ0v) is 18.6. The number of aryl methyl sites for hydroxylation is 3. The van der Waals surface area contributed by atoms with Crippen LogP contribution in [-0.4, -0.2) is 51.8 Å². The van der Waals surface area contributed by atoms with Gasteiger partial charge in [-0.2, -0.15) is 0 Å². The van der Waals surface area contributed by atoms with Gasteiger partial charge in [0.2, 0.25) is 12.1 Å². The van der Waals surface area contributed by atoms with Gasteiger partial charge in [0.1, 0.15) is 11.4 Å². The summed E-state index contributed by atoms with van der Waals surface area (Å²) in [7, 11) is 1.76. The Bertz CT molecular complexity index is 847. The Kier molecular flexibility index (Phi) is 5.94. The quantitative estimate of drug-likeness (QED) is 0.808. The van der Waals surface area contributed by atoms with Gasteiger partial charge < -0.3 is 14.5 Å². The molecule has 2 heterocycles. The van der Waals surface area contributed by atoms with E-state index in [2.05, 4.69) is 37.8 Å². The second-order valence-corrected chi connectivity index (χ2v) is 8.15. The van der Waals surface area contributed by atoms with Crippen LogP contribution in [0, 0.1) is 20.8 Å². The third-order valence-electron chi connectivity index (χ3n) is 5.99. The molecule has 0 bridgehead atoms. The van der Waals surface area contributed by atoms with E-state index in [0.29, 0.717) is 17.9 Å². The molecule has 0 saturated carbocycles. The molecular formula is C23H33N3O3. The van der Waals surface area contributed by atoms with Gasteiger partial charge in [-0.05, 0) is 57.7 Å². The van der Waals surface area contributed by atoms with Crippen molar-refractivity contribution in [2.45, 2.75) is 66.7 Å². The molecule has 0 saturated heterocycles. The predicted molar refractivity (Wildman–Crippen MR) is 113 cm³/mol. The summed E-state index contributed by atoms with van der Waals surface area (Å²) in [6.45, 7) is 12.5. The van der Waals surface area contributed by atoms with Crippen LogP contribution in [-0.2, 0) is 4.79 Å². The van der Waals surface area contributed by atoms with E-state index in [0.717, 1.165) is 46.0 Å². The summed E-state index contributed by atoms with van der Waals surface area (Å²) in [5, 5.41) is 12.0. The lowest BCUT2D eigenvalue weighted by molar-refractivity contribution is -0.160. The smallest absolute Gasteiger partial charge is 0.246 e. The second-order valence-electron chi connectivity index (χ2n) is 8.15. The summed E-state index contributed by atoms with van der Waals surface area (Å²) in [6.07, 6.45) is 3.05. The number of hydroxylamine groups is 2. The van der Waals surface area contributed by atoms with E-state index in [-0.39, 0.29) is 11.9 Å². The summed E-state index contributed by atoms with van der Waals surface area (Å²) >= 11 is 0. The number of allylic oxidation sites excluding steroid dienone is 2. The molecule has 2 aliphatic heterocycles. The van der Waals surface area contributed by atoms with Crippen molar-refractivity contribution >= 4 is 5.91 Å². The minimum atomic E-state index is -0.791. The van der Waals surface area contributed by atoms with Gasteiger partial charge in [-0.25, -0.2) is 5.06 Å². The monoisotopic (exact) mass is 399 g/mol. The lowest BCUT2D eigenvalue weighted by Gasteiger charge is -2.46. The molecule has 1 aromatic rings. The fourth-order valence-corrected chi connectivity index (χ4v) is 4.43. The van der Waals surface area contributed by atoms with E-state index in [1.54, 1.807) is 11.9 Å². The van der Waals surface area contributed by atoms with Gasteiger partial charge in [0.15, 0.2) is 0 Å². The van der Waals surface area contributed by atoms with Crippen LogP contribution in [0.1, 0.15) is 50.3 Å². The standard InChI is InChI=1S/C23H33N3O3/c1-8-18(9-2)25-13-20(27)24(7)21-19(25)12-17(6)26(28)23(21)29-22-15(4)10-14(3)11-16(22)5/h10-12,18,23,28H,8-9,13H2,1-7H3. The summed E-state index contributed by atoms with van der Waals surface area (Å²) in [4.78, 5) is 16.6. The molecule has 3 rings (SSSR count). The van der Waals surface area contributed by atoms with Gasteiger partial charge in [0, 0.05) is 18.8 Å². The molecule has 158 valence electrons. The summed E-state index contributed by atoms with van der Waals surface area (Å²) in [6, 6.07) is 4.39. The first-order valence-electron chi connectivity index (χ1n) is 10.4. The normalized spacial score (nSPS) is 19.8. The number of hydrogen-bond acceptors (Lipinski definition) is 5. The minimum absolute atomic E-state index is 0.00273. The molecule has 6 heteroatoms. The number of benzene rings is 1. The molecule has 2 aliphatic rings. The Morgan fingerprint density at radius 3 is 2.28 bits per heavy atom. The van der Waals surface area contributed by atoms with Crippen molar-refractivity contribution in [3.8, 4) is 5.75 Å². The molecule has 1 unspecified atom stereocenters. The molecule has 6 nitrogen and oxygen atoms in total. The van der Waals surface area contributed by atoms with Crippen molar-refractivity contribution < 1.29 is 14.7 Å². The van der Waals surface area contributed by atoms with E-state index in [1.165, 1.54) is 0 Å². The summed E-state index contributed by atoms with van der Waals surface area (Å²) < 4.78 is 6.39. The van der Waals surface area contributed by atoms with Crippen LogP contribution in [0.5, 0.6) is 5.75 Å². The molecule has 1 N–H and O–H groups in total. The number of ether oxygens (including phenoxy) is 1. The molecule has 1 amide bonds. The number of nitrogens with zero attached hydrogens (tertiary/aromatic N) is 3. The molecule has 0 fully saturated rings. The van der Waals surface area contributed by atoms with Crippen LogP contribution >= 0.6 is 0 Å². The van der Waals surface area contributed by atoms with Crippen LogP contribution < -0.4 is 4.74 Å². The lowest BCUT2D eigenvalue weighted by Crippen LogP contribution is -2.55. The highest BCUT2D eigenvalue weighted by molar-refractivity contribution is 5.82. The lowest BCUT2D eigenvalue weighted by atomic mass is 10.0. The van der Waals surface area contributed by atoms with Crippen molar-refractivity contribution in [2.24, 2.45) is 0 Å². The number of amides is 1.